The third kappa shape index (κ3) is 9.45. The molecule has 8 nitrogen and oxygen atoms in total. The van der Waals surface area contributed by atoms with Gasteiger partial charge < -0.3 is 18.9 Å². The molecule has 2 unspecified atom stereocenters. The van der Waals surface area contributed by atoms with Crippen molar-refractivity contribution in [3.63, 3.8) is 0 Å². The molecule has 10 heteroatoms. The topological polar surface area (TPSA) is 77.5 Å². The zero-order chi connectivity index (χ0) is 36.5. The molecule has 0 saturated carbocycles. The van der Waals surface area contributed by atoms with E-state index in [1.165, 1.54) is 0 Å². The van der Waals surface area contributed by atoms with E-state index in [1.54, 1.807) is 22.7 Å². The van der Waals surface area contributed by atoms with Gasteiger partial charge >= 0.3 is 11.9 Å². The van der Waals surface area contributed by atoms with E-state index in [1.807, 2.05) is 158 Å². The van der Waals surface area contributed by atoms with Crippen molar-refractivity contribution >= 4 is 56.2 Å². The highest BCUT2D eigenvalue weighted by Gasteiger charge is 2.27. The van der Waals surface area contributed by atoms with Crippen LogP contribution >= 0.6 is 22.7 Å². The van der Waals surface area contributed by atoms with Crippen LogP contribution in [0.3, 0.4) is 0 Å². The van der Waals surface area contributed by atoms with E-state index in [0.717, 1.165) is 55.0 Å². The van der Waals surface area contributed by atoms with Crippen LogP contribution in [0.5, 0.6) is 11.5 Å². The van der Waals surface area contributed by atoms with Gasteiger partial charge in [-0.15, -0.1) is 22.7 Å². The van der Waals surface area contributed by atoms with E-state index in [0.29, 0.717) is 12.8 Å². The van der Waals surface area contributed by atoms with Gasteiger partial charge in [0.15, 0.2) is 12.5 Å². The SMILES string of the molecule is CN(C)C(C[C@H](Oc1cccc2ccccc12)c1cccs1)OC(=O)/C=C/C(=O)OC(C[C@H](Oc1cccc2ccccc12)c1cccs1)N(C)C. The number of rotatable bonds is 16. The average molecular weight is 735 g/mol. The molecule has 6 aromatic rings. The van der Waals surface area contributed by atoms with E-state index < -0.39 is 24.4 Å². The zero-order valence-corrected chi connectivity index (χ0v) is 31.2. The van der Waals surface area contributed by atoms with Gasteiger partial charge in [0.2, 0.25) is 0 Å². The summed E-state index contributed by atoms with van der Waals surface area (Å²) in [6, 6.07) is 36.1. The lowest BCUT2D eigenvalue weighted by molar-refractivity contribution is -0.156. The summed E-state index contributed by atoms with van der Waals surface area (Å²) in [6.45, 7) is 0. The summed E-state index contributed by atoms with van der Waals surface area (Å²) in [6.07, 6.45) is 0.918. The summed E-state index contributed by atoms with van der Waals surface area (Å²) in [7, 11) is 7.35. The van der Waals surface area contributed by atoms with Crippen LogP contribution in [-0.4, -0.2) is 62.4 Å². The Kier molecular flexibility index (Phi) is 12.4. The minimum Gasteiger partial charge on any atom is -0.484 e. The number of esters is 2. The van der Waals surface area contributed by atoms with Crippen molar-refractivity contribution in [1.29, 1.82) is 0 Å². The lowest BCUT2D eigenvalue weighted by Crippen LogP contribution is -2.35. The Bertz CT molecular complexity index is 1930. The van der Waals surface area contributed by atoms with Gasteiger partial charge in [0.25, 0.3) is 0 Å². The number of fused-ring (bicyclic) bond motifs is 2. The first-order valence-electron chi connectivity index (χ1n) is 17.0. The lowest BCUT2D eigenvalue weighted by atomic mass is 10.1. The monoisotopic (exact) mass is 734 g/mol. The van der Waals surface area contributed by atoms with Gasteiger partial charge in [-0.1, -0.05) is 84.9 Å². The Morgan fingerprint density at radius 3 is 1.35 bits per heavy atom. The van der Waals surface area contributed by atoms with Gasteiger partial charge in [-0.3, -0.25) is 9.80 Å². The Labute approximate surface area is 312 Å². The number of hydrogen-bond acceptors (Lipinski definition) is 10. The second-order valence-electron chi connectivity index (χ2n) is 12.7. The molecule has 268 valence electrons. The fourth-order valence-corrected chi connectivity index (χ4v) is 7.41. The second kappa shape index (κ2) is 17.5. The van der Waals surface area contributed by atoms with Crippen molar-refractivity contribution in [2.75, 3.05) is 28.2 Å². The summed E-state index contributed by atoms with van der Waals surface area (Å²) in [5, 5.41) is 8.16. The molecule has 4 atom stereocenters. The maximum Gasteiger partial charge on any atom is 0.332 e. The van der Waals surface area contributed by atoms with Crippen molar-refractivity contribution in [3.8, 4) is 11.5 Å². The fraction of sp³-hybridized carbons (Fsp3) is 0.238. The Balaban J connectivity index is 1.11. The van der Waals surface area contributed by atoms with Crippen LogP contribution in [0.4, 0.5) is 0 Å². The molecule has 6 rings (SSSR count). The van der Waals surface area contributed by atoms with Crippen molar-refractivity contribution in [3.05, 3.63) is 142 Å². The molecule has 0 saturated heterocycles. The van der Waals surface area contributed by atoms with E-state index in [2.05, 4.69) is 0 Å². The van der Waals surface area contributed by atoms with Gasteiger partial charge in [0.1, 0.15) is 23.7 Å². The summed E-state index contributed by atoms with van der Waals surface area (Å²) in [5.74, 6) is 0.176. The molecule has 2 heterocycles. The molecule has 0 N–H and O–H groups in total. The van der Waals surface area contributed by atoms with Crippen LogP contribution in [0.1, 0.15) is 34.8 Å². The van der Waals surface area contributed by atoms with Crippen LogP contribution in [0.25, 0.3) is 21.5 Å². The second-order valence-corrected chi connectivity index (χ2v) is 14.7. The first-order chi connectivity index (χ1) is 25.2. The Morgan fingerprint density at radius 1 is 0.558 bits per heavy atom. The highest BCUT2D eigenvalue weighted by atomic mass is 32.1. The van der Waals surface area contributed by atoms with Gasteiger partial charge in [-0.2, -0.15) is 0 Å². The van der Waals surface area contributed by atoms with Crippen LogP contribution in [0, 0.1) is 0 Å². The zero-order valence-electron chi connectivity index (χ0n) is 29.6. The summed E-state index contributed by atoms with van der Waals surface area (Å²) >= 11 is 3.17. The summed E-state index contributed by atoms with van der Waals surface area (Å²) in [4.78, 5) is 31.9. The Morgan fingerprint density at radius 2 is 0.962 bits per heavy atom. The molecule has 52 heavy (non-hydrogen) atoms. The molecule has 0 radical (unpaired) electrons. The quantitative estimate of drug-likeness (QED) is 0.0554. The third-order valence-electron chi connectivity index (χ3n) is 8.60. The van der Waals surface area contributed by atoms with Crippen LogP contribution in [0.15, 0.2) is 132 Å². The number of carbonyl (C=O) groups excluding carboxylic acids is 2. The van der Waals surface area contributed by atoms with Crippen LogP contribution < -0.4 is 9.47 Å². The van der Waals surface area contributed by atoms with E-state index in [-0.39, 0.29) is 12.2 Å². The molecular weight excluding hydrogens is 693 g/mol. The molecule has 0 aliphatic heterocycles. The Hall–Kier alpha value is -5.00. The molecule has 2 aromatic heterocycles. The highest BCUT2D eigenvalue weighted by molar-refractivity contribution is 7.10. The fourth-order valence-electron chi connectivity index (χ4n) is 5.87. The van der Waals surface area contributed by atoms with Crippen LogP contribution in [-0.2, 0) is 19.1 Å². The third-order valence-corrected chi connectivity index (χ3v) is 10.5. The number of benzene rings is 4. The van der Waals surface area contributed by atoms with Gasteiger partial charge in [0.05, 0.1) is 0 Å². The smallest absolute Gasteiger partial charge is 0.332 e. The standard InChI is InChI=1S/C42H42N2O6S2/c1-43(2)39(27-35(37-21-11-25-51-37)47-33-19-9-15-29-13-5-7-17-31(29)33)49-41(45)23-24-42(46)50-40(44(3)4)28-36(38-22-12-26-52-38)48-34-20-10-16-30-14-6-8-18-32(30)34/h5-26,35-36,39-40H,27-28H2,1-4H3/b24-23+/t35-,36-,39?,40?/m0/s1. The van der Waals surface area contributed by atoms with Gasteiger partial charge in [-0.05, 0) is 74.0 Å². The van der Waals surface area contributed by atoms with Gasteiger partial charge in [0, 0.05) is 45.5 Å². The van der Waals surface area contributed by atoms with E-state index in [4.69, 9.17) is 18.9 Å². The molecule has 0 aliphatic rings. The predicted molar refractivity (Wildman–Crippen MR) is 209 cm³/mol. The normalized spacial score (nSPS) is 14.0. The van der Waals surface area contributed by atoms with Crippen molar-refractivity contribution in [2.24, 2.45) is 0 Å². The molecule has 0 amide bonds. The highest BCUT2D eigenvalue weighted by Crippen LogP contribution is 2.36. The number of thiophene rings is 2. The number of nitrogens with zero attached hydrogens (tertiary/aromatic N) is 2. The number of hydrogen-bond donors (Lipinski definition) is 0. The number of ether oxygens (including phenoxy) is 4. The first-order valence-corrected chi connectivity index (χ1v) is 18.8. The summed E-state index contributed by atoms with van der Waals surface area (Å²) in [5.41, 5.74) is 0. The number of carbonyl (C=O) groups is 2. The largest absolute Gasteiger partial charge is 0.484 e. The maximum absolute atomic E-state index is 13.1. The van der Waals surface area contributed by atoms with E-state index in [9.17, 15) is 9.59 Å². The minimum absolute atomic E-state index is 0.365. The molecule has 4 aromatic carbocycles. The predicted octanol–water partition coefficient (Wildman–Crippen LogP) is 9.25. The maximum atomic E-state index is 13.1. The molecule has 0 fully saturated rings. The van der Waals surface area contributed by atoms with Crippen molar-refractivity contribution in [1.82, 2.24) is 9.80 Å². The van der Waals surface area contributed by atoms with Crippen LogP contribution in [0.2, 0.25) is 0 Å². The first kappa shape index (κ1) is 36.8. The van der Waals surface area contributed by atoms with Crippen molar-refractivity contribution < 1.29 is 28.5 Å². The lowest BCUT2D eigenvalue weighted by Gasteiger charge is -2.28. The molecule has 0 aliphatic carbocycles. The average Bonchev–Trinajstić information content (AvgIpc) is 3.89. The molecule has 0 bridgehead atoms. The van der Waals surface area contributed by atoms with Crippen molar-refractivity contribution in [2.45, 2.75) is 37.5 Å². The molecular formula is C42H42N2O6S2. The van der Waals surface area contributed by atoms with E-state index >= 15 is 0 Å². The summed E-state index contributed by atoms with van der Waals surface area (Å²) < 4.78 is 24.9. The molecule has 0 spiro atoms. The van der Waals surface area contributed by atoms with Gasteiger partial charge in [-0.25, -0.2) is 9.59 Å². The minimum atomic E-state index is -0.664.